The molecule has 1 aromatic carbocycles. The molecular formula is C12H14N2O. The second-order valence-electron chi connectivity index (χ2n) is 3.62. The number of aromatic nitrogens is 2. The summed E-state index contributed by atoms with van der Waals surface area (Å²) in [4.78, 5) is 0. The molecule has 1 atom stereocenters. The molecule has 0 amide bonds. The molecule has 1 unspecified atom stereocenters. The van der Waals surface area contributed by atoms with E-state index >= 15 is 0 Å². The summed E-state index contributed by atoms with van der Waals surface area (Å²) in [6.45, 7) is 1.72. The Bertz CT molecular complexity index is 446. The Morgan fingerprint density at radius 2 is 1.93 bits per heavy atom. The SMILES string of the molecule is CC(O)c1cc(-c2ccccc2)n(C)n1. The van der Waals surface area contributed by atoms with Gasteiger partial charge in [0.2, 0.25) is 0 Å². The molecule has 0 aliphatic carbocycles. The van der Waals surface area contributed by atoms with E-state index in [1.165, 1.54) is 0 Å². The van der Waals surface area contributed by atoms with Gasteiger partial charge in [0.05, 0.1) is 17.5 Å². The lowest BCUT2D eigenvalue weighted by molar-refractivity contribution is 0.193. The Morgan fingerprint density at radius 1 is 1.27 bits per heavy atom. The van der Waals surface area contributed by atoms with Crippen LogP contribution in [0.4, 0.5) is 0 Å². The fourth-order valence-electron chi connectivity index (χ4n) is 1.57. The van der Waals surface area contributed by atoms with Crippen molar-refractivity contribution in [2.24, 2.45) is 7.05 Å². The summed E-state index contributed by atoms with van der Waals surface area (Å²) in [6.07, 6.45) is -0.520. The van der Waals surface area contributed by atoms with Crippen LogP contribution in [0.25, 0.3) is 11.3 Å². The molecule has 1 heterocycles. The number of hydrogen-bond acceptors (Lipinski definition) is 2. The van der Waals surface area contributed by atoms with E-state index in [4.69, 9.17) is 0 Å². The smallest absolute Gasteiger partial charge is 0.0950 e. The van der Waals surface area contributed by atoms with E-state index in [2.05, 4.69) is 5.10 Å². The van der Waals surface area contributed by atoms with Gasteiger partial charge in [-0.3, -0.25) is 4.68 Å². The van der Waals surface area contributed by atoms with Crippen molar-refractivity contribution in [2.75, 3.05) is 0 Å². The number of aliphatic hydroxyl groups excluding tert-OH is 1. The van der Waals surface area contributed by atoms with Crippen LogP contribution in [0.3, 0.4) is 0 Å². The molecule has 3 nitrogen and oxygen atoms in total. The van der Waals surface area contributed by atoms with E-state index < -0.39 is 6.10 Å². The minimum Gasteiger partial charge on any atom is -0.387 e. The first-order valence-corrected chi connectivity index (χ1v) is 4.96. The lowest BCUT2D eigenvalue weighted by atomic mass is 10.1. The first kappa shape index (κ1) is 9.93. The van der Waals surface area contributed by atoms with Gasteiger partial charge in [0.25, 0.3) is 0 Å². The zero-order chi connectivity index (χ0) is 10.8. The molecule has 0 radical (unpaired) electrons. The van der Waals surface area contributed by atoms with Gasteiger partial charge in [-0.25, -0.2) is 0 Å². The summed E-state index contributed by atoms with van der Waals surface area (Å²) in [5, 5.41) is 13.7. The predicted octanol–water partition coefficient (Wildman–Crippen LogP) is 2.14. The summed E-state index contributed by atoms with van der Waals surface area (Å²) in [5.41, 5.74) is 2.84. The predicted molar refractivity (Wildman–Crippen MR) is 59.3 cm³/mol. The number of rotatable bonds is 2. The van der Waals surface area contributed by atoms with Gasteiger partial charge >= 0.3 is 0 Å². The molecule has 0 aliphatic rings. The fourth-order valence-corrected chi connectivity index (χ4v) is 1.57. The molecule has 1 N–H and O–H groups in total. The molecular weight excluding hydrogens is 188 g/mol. The van der Waals surface area contributed by atoms with Gasteiger partial charge < -0.3 is 5.11 Å². The minimum absolute atomic E-state index is 0.520. The van der Waals surface area contributed by atoms with Crippen molar-refractivity contribution in [3.05, 3.63) is 42.1 Å². The van der Waals surface area contributed by atoms with Crippen LogP contribution in [-0.4, -0.2) is 14.9 Å². The molecule has 1 aromatic heterocycles. The maximum absolute atomic E-state index is 9.43. The minimum atomic E-state index is -0.520. The van der Waals surface area contributed by atoms with Gasteiger partial charge in [0.1, 0.15) is 0 Å². The maximum Gasteiger partial charge on any atom is 0.0950 e. The Kier molecular flexibility index (Phi) is 2.56. The molecule has 0 saturated heterocycles. The fraction of sp³-hybridized carbons (Fsp3) is 0.250. The lowest BCUT2D eigenvalue weighted by Crippen LogP contribution is -1.96. The van der Waals surface area contributed by atoms with E-state index in [-0.39, 0.29) is 0 Å². The Morgan fingerprint density at radius 3 is 2.47 bits per heavy atom. The number of benzene rings is 1. The van der Waals surface area contributed by atoms with E-state index in [1.54, 1.807) is 11.6 Å². The molecule has 2 rings (SSSR count). The number of aliphatic hydroxyl groups is 1. The van der Waals surface area contributed by atoms with Crippen molar-refractivity contribution in [2.45, 2.75) is 13.0 Å². The first-order chi connectivity index (χ1) is 7.18. The van der Waals surface area contributed by atoms with Crippen LogP contribution in [0.15, 0.2) is 36.4 Å². The largest absolute Gasteiger partial charge is 0.387 e. The second-order valence-corrected chi connectivity index (χ2v) is 3.62. The van der Waals surface area contributed by atoms with Crippen LogP contribution < -0.4 is 0 Å². The quantitative estimate of drug-likeness (QED) is 0.810. The number of hydrogen-bond donors (Lipinski definition) is 1. The highest BCUT2D eigenvalue weighted by Gasteiger charge is 2.10. The van der Waals surface area contributed by atoms with Gasteiger partial charge in [0, 0.05) is 7.05 Å². The lowest BCUT2D eigenvalue weighted by Gasteiger charge is -1.99. The number of aryl methyl sites for hydroxylation is 1. The van der Waals surface area contributed by atoms with E-state index in [0.29, 0.717) is 5.69 Å². The van der Waals surface area contributed by atoms with Gasteiger partial charge in [-0.05, 0) is 18.6 Å². The van der Waals surface area contributed by atoms with E-state index in [1.807, 2.05) is 43.4 Å². The molecule has 0 aliphatic heterocycles. The van der Waals surface area contributed by atoms with Crippen molar-refractivity contribution in [1.29, 1.82) is 0 Å². The molecule has 15 heavy (non-hydrogen) atoms. The number of nitrogens with zero attached hydrogens (tertiary/aromatic N) is 2. The Balaban J connectivity index is 2.45. The topological polar surface area (TPSA) is 38.0 Å². The van der Waals surface area contributed by atoms with E-state index in [0.717, 1.165) is 11.3 Å². The second kappa shape index (κ2) is 3.87. The van der Waals surface area contributed by atoms with Gasteiger partial charge in [-0.1, -0.05) is 30.3 Å². The van der Waals surface area contributed by atoms with Crippen LogP contribution in [0.2, 0.25) is 0 Å². The maximum atomic E-state index is 9.43. The van der Waals surface area contributed by atoms with Crippen LogP contribution in [0.1, 0.15) is 18.7 Å². The average molecular weight is 202 g/mol. The average Bonchev–Trinajstić information content (AvgIpc) is 2.62. The van der Waals surface area contributed by atoms with Crippen molar-refractivity contribution in [3.63, 3.8) is 0 Å². The molecule has 2 aromatic rings. The normalized spacial score (nSPS) is 12.7. The third-order valence-electron chi connectivity index (χ3n) is 2.40. The molecule has 0 fully saturated rings. The summed E-state index contributed by atoms with van der Waals surface area (Å²) in [7, 11) is 1.88. The molecule has 0 spiro atoms. The molecule has 78 valence electrons. The van der Waals surface area contributed by atoms with Crippen LogP contribution in [-0.2, 0) is 7.05 Å². The van der Waals surface area contributed by atoms with Crippen LogP contribution >= 0.6 is 0 Å². The standard InChI is InChI=1S/C12H14N2O/c1-9(15)11-8-12(14(2)13-11)10-6-4-3-5-7-10/h3-9,15H,1-2H3. The molecule has 0 saturated carbocycles. The Hall–Kier alpha value is -1.61. The highest BCUT2D eigenvalue weighted by Crippen LogP contribution is 2.21. The van der Waals surface area contributed by atoms with Crippen molar-refractivity contribution >= 4 is 0 Å². The summed E-state index contributed by atoms with van der Waals surface area (Å²) in [6, 6.07) is 11.9. The third kappa shape index (κ3) is 1.92. The third-order valence-corrected chi connectivity index (χ3v) is 2.40. The highest BCUT2D eigenvalue weighted by atomic mass is 16.3. The zero-order valence-corrected chi connectivity index (χ0v) is 8.88. The Labute approximate surface area is 89.0 Å². The van der Waals surface area contributed by atoms with Gasteiger partial charge in [-0.2, -0.15) is 5.10 Å². The van der Waals surface area contributed by atoms with Crippen LogP contribution in [0, 0.1) is 0 Å². The summed E-state index contributed by atoms with van der Waals surface area (Å²) < 4.78 is 1.79. The highest BCUT2D eigenvalue weighted by molar-refractivity contribution is 5.59. The van der Waals surface area contributed by atoms with Gasteiger partial charge in [-0.15, -0.1) is 0 Å². The molecule has 0 bridgehead atoms. The van der Waals surface area contributed by atoms with Crippen molar-refractivity contribution in [1.82, 2.24) is 9.78 Å². The monoisotopic (exact) mass is 202 g/mol. The van der Waals surface area contributed by atoms with E-state index in [9.17, 15) is 5.11 Å². The van der Waals surface area contributed by atoms with Crippen LogP contribution in [0.5, 0.6) is 0 Å². The van der Waals surface area contributed by atoms with Crippen molar-refractivity contribution < 1.29 is 5.11 Å². The van der Waals surface area contributed by atoms with Gasteiger partial charge in [0.15, 0.2) is 0 Å². The van der Waals surface area contributed by atoms with Crippen molar-refractivity contribution in [3.8, 4) is 11.3 Å². The summed E-state index contributed by atoms with van der Waals surface area (Å²) in [5.74, 6) is 0. The summed E-state index contributed by atoms with van der Waals surface area (Å²) >= 11 is 0. The molecule has 3 heteroatoms. The first-order valence-electron chi connectivity index (χ1n) is 4.96. The zero-order valence-electron chi connectivity index (χ0n) is 8.88.